The fourth-order valence-corrected chi connectivity index (χ4v) is 1.57. The molecule has 1 atom stereocenters. The Bertz CT molecular complexity index is 344. The molecular formula is C12H17ClFNO. The summed E-state index contributed by atoms with van der Waals surface area (Å²) >= 11 is 5.58. The largest absolute Gasteiger partial charge is 0.393 e. The fourth-order valence-electron chi connectivity index (χ4n) is 1.45. The Balaban J connectivity index is 2.49. The quantitative estimate of drug-likeness (QED) is 0.861. The molecule has 1 aromatic carbocycles. The van der Waals surface area contributed by atoms with Crippen LogP contribution in [0.15, 0.2) is 18.2 Å². The molecule has 0 bridgehead atoms. The average molecular weight is 246 g/mol. The van der Waals surface area contributed by atoms with Crippen LogP contribution in [0.2, 0.25) is 5.02 Å². The molecule has 0 aliphatic carbocycles. The molecular weight excluding hydrogens is 229 g/mol. The average Bonchev–Trinajstić information content (AvgIpc) is 2.21. The molecule has 1 unspecified atom stereocenters. The molecule has 0 aromatic heterocycles. The number of benzene rings is 1. The van der Waals surface area contributed by atoms with E-state index in [1.54, 1.807) is 6.07 Å². The number of rotatable bonds is 5. The summed E-state index contributed by atoms with van der Waals surface area (Å²) in [6.07, 6.45) is 0.696. The zero-order valence-electron chi connectivity index (χ0n) is 9.58. The second kappa shape index (κ2) is 6.18. The van der Waals surface area contributed by atoms with Gasteiger partial charge in [0.05, 0.1) is 11.1 Å². The van der Waals surface area contributed by atoms with Gasteiger partial charge in [0.2, 0.25) is 0 Å². The van der Waals surface area contributed by atoms with Crippen LogP contribution in [0.3, 0.4) is 0 Å². The van der Waals surface area contributed by atoms with Crippen LogP contribution in [-0.2, 0) is 6.42 Å². The van der Waals surface area contributed by atoms with Crippen molar-refractivity contribution in [2.75, 3.05) is 20.6 Å². The van der Waals surface area contributed by atoms with Gasteiger partial charge in [0.1, 0.15) is 5.82 Å². The number of halogens is 2. The molecule has 0 heterocycles. The molecule has 0 amide bonds. The molecule has 0 saturated carbocycles. The summed E-state index contributed by atoms with van der Waals surface area (Å²) < 4.78 is 13.1. The van der Waals surface area contributed by atoms with Crippen LogP contribution in [0.5, 0.6) is 0 Å². The third kappa shape index (κ3) is 4.47. The first-order chi connectivity index (χ1) is 7.49. The van der Waals surface area contributed by atoms with Crippen molar-refractivity contribution >= 4 is 11.6 Å². The van der Waals surface area contributed by atoms with Crippen molar-refractivity contribution in [3.05, 3.63) is 34.6 Å². The van der Waals surface area contributed by atoms with Crippen LogP contribution in [-0.4, -0.2) is 36.8 Å². The highest BCUT2D eigenvalue weighted by atomic mass is 35.5. The highest BCUT2D eigenvalue weighted by Gasteiger charge is 2.08. The van der Waals surface area contributed by atoms with E-state index in [0.29, 0.717) is 12.8 Å². The Labute approximate surface area is 101 Å². The zero-order valence-corrected chi connectivity index (χ0v) is 10.3. The predicted octanol–water partition coefficient (Wildman–Crippen LogP) is 2.33. The van der Waals surface area contributed by atoms with Gasteiger partial charge in [0.25, 0.3) is 0 Å². The first-order valence-electron chi connectivity index (χ1n) is 5.25. The van der Waals surface area contributed by atoms with Crippen LogP contribution in [0, 0.1) is 5.82 Å². The van der Waals surface area contributed by atoms with Gasteiger partial charge in [0, 0.05) is 0 Å². The van der Waals surface area contributed by atoms with E-state index >= 15 is 0 Å². The Morgan fingerprint density at radius 1 is 1.44 bits per heavy atom. The standard InChI is InChI=1S/C12H17ClFNO/c1-15(2)6-5-10(16)7-9-3-4-11(13)12(14)8-9/h3-4,8,10,16H,5-7H2,1-2H3. The Morgan fingerprint density at radius 3 is 2.69 bits per heavy atom. The molecule has 16 heavy (non-hydrogen) atoms. The fraction of sp³-hybridized carbons (Fsp3) is 0.500. The lowest BCUT2D eigenvalue weighted by Crippen LogP contribution is -2.20. The van der Waals surface area contributed by atoms with Gasteiger partial charge >= 0.3 is 0 Å². The normalized spacial score (nSPS) is 13.1. The number of aliphatic hydroxyl groups excluding tert-OH is 1. The first kappa shape index (κ1) is 13.4. The molecule has 0 aliphatic rings. The first-order valence-corrected chi connectivity index (χ1v) is 5.63. The summed E-state index contributed by atoms with van der Waals surface area (Å²) in [4.78, 5) is 2.01. The number of aliphatic hydroxyl groups is 1. The molecule has 1 N–H and O–H groups in total. The van der Waals surface area contributed by atoms with Crippen LogP contribution in [0.1, 0.15) is 12.0 Å². The van der Waals surface area contributed by atoms with Crippen molar-refractivity contribution in [3.63, 3.8) is 0 Å². The summed E-state index contributed by atoms with van der Waals surface area (Å²) in [6, 6.07) is 4.64. The molecule has 1 rings (SSSR count). The van der Waals surface area contributed by atoms with Crippen LogP contribution in [0.25, 0.3) is 0 Å². The number of nitrogens with zero attached hydrogens (tertiary/aromatic N) is 1. The molecule has 90 valence electrons. The van der Waals surface area contributed by atoms with E-state index in [0.717, 1.165) is 12.1 Å². The maximum absolute atomic E-state index is 13.1. The van der Waals surface area contributed by atoms with Gasteiger partial charge in [-0.1, -0.05) is 17.7 Å². The van der Waals surface area contributed by atoms with Crippen molar-refractivity contribution in [3.8, 4) is 0 Å². The lowest BCUT2D eigenvalue weighted by atomic mass is 10.1. The number of hydrogen-bond acceptors (Lipinski definition) is 2. The lowest BCUT2D eigenvalue weighted by molar-refractivity contribution is 0.152. The molecule has 2 nitrogen and oxygen atoms in total. The Hall–Kier alpha value is -0.640. The van der Waals surface area contributed by atoms with Crippen LogP contribution >= 0.6 is 11.6 Å². The molecule has 0 fully saturated rings. The highest BCUT2D eigenvalue weighted by Crippen LogP contribution is 2.17. The maximum Gasteiger partial charge on any atom is 0.142 e. The van der Waals surface area contributed by atoms with Gasteiger partial charge in [-0.25, -0.2) is 4.39 Å². The second-order valence-electron chi connectivity index (χ2n) is 4.20. The maximum atomic E-state index is 13.1. The minimum atomic E-state index is -0.442. The van der Waals surface area contributed by atoms with Gasteiger partial charge < -0.3 is 10.0 Å². The van der Waals surface area contributed by atoms with E-state index in [2.05, 4.69) is 0 Å². The van der Waals surface area contributed by atoms with E-state index in [1.807, 2.05) is 19.0 Å². The summed E-state index contributed by atoms with van der Waals surface area (Å²) in [7, 11) is 3.91. The highest BCUT2D eigenvalue weighted by molar-refractivity contribution is 6.30. The van der Waals surface area contributed by atoms with Crippen molar-refractivity contribution in [1.82, 2.24) is 4.90 Å². The SMILES string of the molecule is CN(C)CCC(O)Cc1ccc(Cl)c(F)c1. The summed E-state index contributed by atoms with van der Waals surface area (Å²) in [5.74, 6) is -0.432. The van der Waals surface area contributed by atoms with E-state index < -0.39 is 11.9 Å². The van der Waals surface area contributed by atoms with Crippen molar-refractivity contribution < 1.29 is 9.50 Å². The van der Waals surface area contributed by atoms with E-state index in [-0.39, 0.29) is 5.02 Å². The van der Waals surface area contributed by atoms with Gasteiger partial charge in [-0.05, 0) is 51.2 Å². The minimum absolute atomic E-state index is 0.117. The van der Waals surface area contributed by atoms with E-state index in [1.165, 1.54) is 12.1 Å². The van der Waals surface area contributed by atoms with Crippen molar-refractivity contribution in [2.45, 2.75) is 18.9 Å². The summed E-state index contributed by atoms with van der Waals surface area (Å²) in [5.41, 5.74) is 0.771. The molecule has 4 heteroatoms. The molecule has 0 radical (unpaired) electrons. The lowest BCUT2D eigenvalue weighted by Gasteiger charge is -2.14. The molecule has 1 aromatic rings. The second-order valence-corrected chi connectivity index (χ2v) is 4.61. The van der Waals surface area contributed by atoms with Gasteiger partial charge in [-0.15, -0.1) is 0 Å². The summed E-state index contributed by atoms with van der Waals surface area (Å²) in [5, 5.41) is 9.85. The van der Waals surface area contributed by atoms with Crippen molar-refractivity contribution in [2.24, 2.45) is 0 Å². The smallest absolute Gasteiger partial charge is 0.142 e. The summed E-state index contributed by atoms with van der Waals surface area (Å²) in [6.45, 7) is 0.817. The number of hydrogen-bond donors (Lipinski definition) is 1. The van der Waals surface area contributed by atoms with Crippen LogP contribution in [0.4, 0.5) is 4.39 Å². The third-order valence-corrected chi connectivity index (χ3v) is 2.67. The Morgan fingerprint density at radius 2 is 2.12 bits per heavy atom. The topological polar surface area (TPSA) is 23.5 Å². The molecule has 0 aliphatic heterocycles. The van der Waals surface area contributed by atoms with Gasteiger partial charge in [-0.2, -0.15) is 0 Å². The van der Waals surface area contributed by atoms with Gasteiger partial charge in [-0.3, -0.25) is 0 Å². The van der Waals surface area contributed by atoms with E-state index in [4.69, 9.17) is 11.6 Å². The molecule has 0 saturated heterocycles. The molecule has 0 spiro atoms. The van der Waals surface area contributed by atoms with Crippen molar-refractivity contribution in [1.29, 1.82) is 0 Å². The zero-order chi connectivity index (χ0) is 12.1. The van der Waals surface area contributed by atoms with Gasteiger partial charge in [0.15, 0.2) is 0 Å². The third-order valence-electron chi connectivity index (χ3n) is 2.36. The van der Waals surface area contributed by atoms with Crippen LogP contribution < -0.4 is 0 Å². The minimum Gasteiger partial charge on any atom is -0.393 e. The monoisotopic (exact) mass is 245 g/mol. The predicted molar refractivity (Wildman–Crippen MR) is 64.3 cm³/mol. The van der Waals surface area contributed by atoms with E-state index in [9.17, 15) is 9.50 Å². The Kier molecular flexibility index (Phi) is 5.19.